The fraction of sp³-hybridized carbons (Fsp3) is 0.190. The smallest absolute Gasteiger partial charge is 0.310 e. The molecule has 0 N–H and O–H groups in total. The maximum absolute atomic E-state index is 13.8. The van der Waals surface area contributed by atoms with Gasteiger partial charge in [0.25, 0.3) is 0 Å². The summed E-state index contributed by atoms with van der Waals surface area (Å²) in [6.07, 6.45) is 3.74. The highest BCUT2D eigenvalue weighted by molar-refractivity contribution is 7.84. The number of halogens is 1. The number of methoxy groups -OCH3 is 1. The second-order valence-corrected chi connectivity index (χ2v) is 7.51. The van der Waals surface area contributed by atoms with E-state index in [0.717, 1.165) is 38.3 Å². The van der Waals surface area contributed by atoms with Gasteiger partial charge in [0.1, 0.15) is 5.82 Å². The van der Waals surface area contributed by atoms with Gasteiger partial charge in [0.05, 0.1) is 13.5 Å². The standard InChI is InChI=1S/C21H19FO3S/c1-13-18(10-14-4-7-16(8-5-14)26(3)24)20-11-15(22)6-9-17(20)19(13)12-21(23)25-2/h4-11H,12H2,1-3H3/b18-10-/t26-/m1/s1. The molecule has 0 unspecified atom stereocenters. The van der Waals surface area contributed by atoms with Crippen LogP contribution in [0.5, 0.6) is 0 Å². The van der Waals surface area contributed by atoms with Crippen LogP contribution in [0.25, 0.3) is 17.2 Å². The fourth-order valence-corrected chi connectivity index (χ4v) is 3.64. The average Bonchev–Trinajstić information content (AvgIpc) is 2.87. The number of rotatable bonds is 4. The van der Waals surface area contributed by atoms with Gasteiger partial charge in [0.15, 0.2) is 0 Å². The first kappa shape index (κ1) is 18.3. The second kappa shape index (κ2) is 7.38. The Morgan fingerprint density at radius 1 is 1.15 bits per heavy atom. The van der Waals surface area contributed by atoms with Crippen molar-refractivity contribution in [3.05, 3.63) is 70.5 Å². The van der Waals surface area contributed by atoms with Crippen molar-refractivity contribution in [2.75, 3.05) is 13.4 Å². The summed E-state index contributed by atoms with van der Waals surface area (Å²) in [6.45, 7) is 1.93. The Labute approximate surface area is 154 Å². The van der Waals surface area contributed by atoms with Gasteiger partial charge in [-0.2, -0.15) is 0 Å². The summed E-state index contributed by atoms with van der Waals surface area (Å²) in [7, 11) is 0.324. The van der Waals surface area contributed by atoms with Crippen LogP contribution in [0.15, 0.2) is 52.9 Å². The quantitative estimate of drug-likeness (QED) is 0.747. The van der Waals surface area contributed by atoms with Gasteiger partial charge in [-0.25, -0.2) is 4.39 Å². The molecule has 0 fully saturated rings. The van der Waals surface area contributed by atoms with Crippen LogP contribution >= 0.6 is 0 Å². The number of ether oxygens (including phenoxy) is 1. The van der Waals surface area contributed by atoms with Gasteiger partial charge in [-0.1, -0.05) is 18.2 Å². The molecule has 1 aliphatic rings. The van der Waals surface area contributed by atoms with E-state index in [9.17, 15) is 13.4 Å². The molecule has 0 saturated heterocycles. The largest absolute Gasteiger partial charge is 0.469 e. The van der Waals surface area contributed by atoms with E-state index in [4.69, 9.17) is 4.74 Å². The Morgan fingerprint density at radius 2 is 1.85 bits per heavy atom. The summed E-state index contributed by atoms with van der Waals surface area (Å²) in [4.78, 5) is 12.5. The molecule has 0 radical (unpaired) electrons. The molecule has 1 atom stereocenters. The zero-order chi connectivity index (χ0) is 18.8. The molecule has 1 aliphatic carbocycles. The second-order valence-electron chi connectivity index (χ2n) is 6.13. The third kappa shape index (κ3) is 3.53. The molecule has 3 nitrogen and oxygen atoms in total. The van der Waals surface area contributed by atoms with E-state index in [1.807, 2.05) is 37.3 Å². The highest BCUT2D eigenvalue weighted by Gasteiger charge is 2.25. The van der Waals surface area contributed by atoms with Crippen LogP contribution in [-0.2, 0) is 20.3 Å². The lowest BCUT2D eigenvalue weighted by molar-refractivity contribution is -0.139. The summed E-state index contributed by atoms with van der Waals surface area (Å²) in [5.74, 6) is -0.649. The number of allylic oxidation sites excluding steroid dienone is 2. The molecule has 0 bridgehead atoms. The molecule has 2 aromatic rings. The van der Waals surface area contributed by atoms with E-state index in [0.29, 0.717) is 0 Å². The molecule has 0 spiro atoms. The zero-order valence-electron chi connectivity index (χ0n) is 14.8. The van der Waals surface area contributed by atoms with Gasteiger partial charge in [0.2, 0.25) is 0 Å². The summed E-state index contributed by atoms with van der Waals surface area (Å²) < 4.78 is 30.2. The molecular weight excluding hydrogens is 351 g/mol. The average molecular weight is 370 g/mol. The van der Waals surface area contributed by atoms with E-state index < -0.39 is 10.8 Å². The lowest BCUT2D eigenvalue weighted by Crippen LogP contribution is -2.01. The monoisotopic (exact) mass is 370 g/mol. The van der Waals surface area contributed by atoms with Gasteiger partial charge < -0.3 is 4.74 Å². The Hall–Kier alpha value is -2.53. The number of fused-ring (bicyclic) bond motifs is 1. The number of benzene rings is 2. The van der Waals surface area contributed by atoms with Crippen LogP contribution in [-0.4, -0.2) is 23.5 Å². The molecule has 0 amide bonds. The molecule has 0 saturated carbocycles. The first-order valence-corrected chi connectivity index (χ1v) is 9.69. The minimum atomic E-state index is -1.03. The lowest BCUT2D eigenvalue weighted by Gasteiger charge is -2.05. The van der Waals surface area contributed by atoms with Gasteiger partial charge >= 0.3 is 5.97 Å². The van der Waals surface area contributed by atoms with Crippen LogP contribution in [0, 0.1) is 5.82 Å². The maximum Gasteiger partial charge on any atom is 0.310 e. The molecule has 134 valence electrons. The van der Waals surface area contributed by atoms with Crippen molar-refractivity contribution in [2.24, 2.45) is 0 Å². The predicted octanol–water partition coefficient (Wildman–Crippen LogP) is 4.45. The van der Waals surface area contributed by atoms with Crippen LogP contribution in [0.4, 0.5) is 4.39 Å². The SMILES string of the molecule is COC(=O)CC1=C(C)/C(=C/c2ccc([S@@](C)=O)cc2)c2cc(F)ccc21. The van der Waals surface area contributed by atoms with E-state index in [1.165, 1.54) is 19.2 Å². The predicted molar refractivity (Wildman–Crippen MR) is 102 cm³/mol. The molecule has 26 heavy (non-hydrogen) atoms. The highest BCUT2D eigenvalue weighted by atomic mass is 32.2. The number of esters is 1. The highest BCUT2D eigenvalue weighted by Crippen LogP contribution is 2.43. The van der Waals surface area contributed by atoms with Crippen molar-refractivity contribution < 1.29 is 18.1 Å². The van der Waals surface area contributed by atoms with Crippen molar-refractivity contribution in [3.8, 4) is 0 Å². The van der Waals surface area contributed by atoms with Crippen molar-refractivity contribution in [3.63, 3.8) is 0 Å². The van der Waals surface area contributed by atoms with Crippen LogP contribution in [0.1, 0.15) is 30.0 Å². The Bertz CT molecular complexity index is 956. The van der Waals surface area contributed by atoms with Crippen LogP contribution in [0.2, 0.25) is 0 Å². The van der Waals surface area contributed by atoms with Gasteiger partial charge in [-0.15, -0.1) is 0 Å². The number of carbonyl (C=O) groups excluding carboxylic acids is 1. The van der Waals surface area contributed by atoms with Gasteiger partial charge in [0, 0.05) is 22.0 Å². The van der Waals surface area contributed by atoms with Crippen molar-refractivity contribution in [1.82, 2.24) is 0 Å². The topological polar surface area (TPSA) is 43.4 Å². The Kier molecular flexibility index (Phi) is 5.18. The molecule has 0 aromatic heterocycles. The van der Waals surface area contributed by atoms with Crippen LogP contribution < -0.4 is 0 Å². The minimum absolute atomic E-state index is 0.145. The maximum atomic E-state index is 13.8. The van der Waals surface area contributed by atoms with E-state index >= 15 is 0 Å². The summed E-state index contributed by atoms with van der Waals surface area (Å²) in [5.41, 5.74) is 5.20. The lowest BCUT2D eigenvalue weighted by atomic mass is 10.0. The molecule has 2 aromatic carbocycles. The van der Waals surface area contributed by atoms with E-state index in [2.05, 4.69) is 0 Å². The minimum Gasteiger partial charge on any atom is -0.469 e. The first-order valence-electron chi connectivity index (χ1n) is 8.13. The van der Waals surface area contributed by atoms with Gasteiger partial charge in [-0.3, -0.25) is 9.00 Å². The Morgan fingerprint density at radius 3 is 2.46 bits per heavy atom. The number of carbonyl (C=O) groups is 1. The van der Waals surface area contributed by atoms with Crippen molar-refractivity contribution >= 4 is 34.0 Å². The van der Waals surface area contributed by atoms with Crippen molar-refractivity contribution in [1.29, 1.82) is 0 Å². The van der Waals surface area contributed by atoms with Gasteiger partial charge in [-0.05, 0) is 70.7 Å². The normalized spacial score (nSPS) is 15.9. The Balaban J connectivity index is 2.09. The zero-order valence-corrected chi connectivity index (χ0v) is 15.7. The molecule has 5 heteroatoms. The fourth-order valence-electron chi connectivity index (χ4n) is 3.12. The number of hydrogen-bond acceptors (Lipinski definition) is 3. The number of hydrogen-bond donors (Lipinski definition) is 0. The first-order chi connectivity index (χ1) is 12.4. The molecule has 0 heterocycles. The molecular formula is C21H19FO3S. The third-order valence-corrected chi connectivity index (χ3v) is 5.46. The van der Waals surface area contributed by atoms with Crippen molar-refractivity contribution in [2.45, 2.75) is 18.2 Å². The molecule has 0 aliphatic heterocycles. The summed E-state index contributed by atoms with van der Waals surface area (Å²) in [5, 5.41) is 0. The molecule has 3 rings (SSSR count). The van der Waals surface area contributed by atoms with E-state index in [1.54, 1.807) is 12.3 Å². The third-order valence-electron chi connectivity index (χ3n) is 4.53. The summed E-state index contributed by atoms with van der Waals surface area (Å²) in [6, 6.07) is 12.0. The summed E-state index contributed by atoms with van der Waals surface area (Å²) >= 11 is 0. The van der Waals surface area contributed by atoms with E-state index in [-0.39, 0.29) is 18.2 Å². The van der Waals surface area contributed by atoms with Crippen LogP contribution in [0.3, 0.4) is 0 Å².